The zero-order valence-electron chi connectivity index (χ0n) is 17.6. The predicted octanol–water partition coefficient (Wildman–Crippen LogP) is 2.77. The number of piperidine rings is 1. The molecule has 160 valence electrons. The van der Waals surface area contributed by atoms with Crippen molar-refractivity contribution in [2.45, 2.75) is 39.0 Å². The maximum atomic E-state index is 13.8. The van der Waals surface area contributed by atoms with Gasteiger partial charge in [-0.2, -0.15) is 0 Å². The molecule has 0 aliphatic carbocycles. The van der Waals surface area contributed by atoms with Crippen molar-refractivity contribution >= 4 is 17.5 Å². The molecule has 1 atom stereocenters. The molecule has 2 aromatic rings. The van der Waals surface area contributed by atoms with Gasteiger partial charge in [0, 0.05) is 43.1 Å². The maximum absolute atomic E-state index is 13.8. The van der Waals surface area contributed by atoms with Crippen LogP contribution in [0.2, 0.25) is 0 Å². The second-order valence-electron chi connectivity index (χ2n) is 7.55. The summed E-state index contributed by atoms with van der Waals surface area (Å²) < 4.78 is 18.7. The molecule has 0 saturated carbocycles. The van der Waals surface area contributed by atoms with Gasteiger partial charge in [0.25, 0.3) is 0 Å². The third-order valence-electron chi connectivity index (χ3n) is 5.33. The van der Waals surface area contributed by atoms with E-state index in [2.05, 4.69) is 15.3 Å². The highest BCUT2D eigenvalue weighted by atomic mass is 19.1. The molecular weight excluding hydrogens is 387 g/mol. The molecule has 1 saturated heterocycles. The van der Waals surface area contributed by atoms with Gasteiger partial charge in [-0.25, -0.2) is 14.4 Å². The van der Waals surface area contributed by atoms with Crippen LogP contribution in [0.15, 0.2) is 24.3 Å². The molecule has 1 aliphatic heterocycles. The van der Waals surface area contributed by atoms with Crippen molar-refractivity contribution in [3.05, 3.63) is 52.9 Å². The molecule has 0 unspecified atom stereocenters. The highest BCUT2D eigenvalue weighted by molar-refractivity contribution is 5.92. The van der Waals surface area contributed by atoms with Crippen LogP contribution in [0.4, 0.5) is 10.1 Å². The summed E-state index contributed by atoms with van der Waals surface area (Å²) in [5.74, 6) is -0.0825. The molecule has 1 aromatic carbocycles. The minimum Gasteiger partial charge on any atom is -0.375 e. The van der Waals surface area contributed by atoms with Gasteiger partial charge in [-0.15, -0.1) is 0 Å². The van der Waals surface area contributed by atoms with Crippen LogP contribution in [0.25, 0.3) is 0 Å². The van der Waals surface area contributed by atoms with Crippen LogP contribution in [0.3, 0.4) is 0 Å². The molecule has 30 heavy (non-hydrogen) atoms. The van der Waals surface area contributed by atoms with E-state index in [9.17, 15) is 14.0 Å². The van der Waals surface area contributed by atoms with Crippen molar-refractivity contribution in [1.29, 1.82) is 0 Å². The van der Waals surface area contributed by atoms with Crippen LogP contribution >= 0.6 is 0 Å². The molecule has 0 spiro atoms. The van der Waals surface area contributed by atoms with Gasteiger partial charge < -0.3 is 15.0 Å². The Kier molecular flexibility index (Phi) is 7.10. The second kappa shape index (κ2) is 9.75. The molecule has 1 aliphatic rings. The number of nitrogens with one attached hydrogen (secondary N) is 1. The van der Waals surface area contributed by atoms with E-state index in [0.29, 0.717) is 18.9 Å². The van der Waals surface area contributed by atoms with Gasteiger partial charge in [-0.1, -0.05) is 12.1 Å². The highest BCUT2D eigenvalue weighted by Crippen LogP contribution is 2.26. The highest BCUT2D eigenvalue weighted by Gasteiger charge is 2.27. The Balaban J connectivity index is 1.71. The molecule has 2 amide bonds. The number of halogens is 1. The lowest BCUT2D eigenvalue weighted by molar-refractivity contribution is -0.136. The number of aromatic nitrogens is 2. The fraction of sp³-hybridized carbons (Fsp3) is 0.455. The van der Waals surface area contributed by atoms with Crippen LogP contribution in [0, 0.1) is 19.7 Å². The van der Waals surface area contributed by atoms with Gasteiger partial charge in [0.1, 0.15) is 18.2 Å². The van der Waals surface area contributed by atoms with E-state index in [4.69, 9.17) is 4.74 Å². The fourth-order valence-corrected chi connectivity index (χ4v) is 3.75. The first-order valence-corrected chi connectivity index (χ1v) is 10.0. The lowest BCUT2D eigenvalue weighted by atomic mass is 9.96. The van der Waals surface area contributed by atoms with Crippen LogP contribution in [-0.4, -0.2) is 53.5 Å². The Morgan fingerprint density at radius 1 is 1.23 bits per heavy atom. The van der Waals surface area contributed by atoms with E-state index in [1.807, 2.05) is 13.8 Å². The normalized spacial score (nSPS) is 16.4. The van der Waals surface area contributed by atoms with Crippen molar-refractivity contribution in [1.82, 2.24) is 14.9 Å². The predicted molar refractivity (Wildman–Crippen MR) is 111 cm³/mol. The topological polar surface area (TPSA) is 84.4 Å². The van der Waals surface area contributed by atoms with Crippen LogP contribution < -0.4 is 5.32 Å². The number of amides is 2. The molecular formula is C22H27FN4O3. The zero-order valence-corrected chi connectivity index (χ0v) is 17.6. The third-order valence-corrected chi connectivity index (χ3v) is 5.33. The van der Waals surface area contributed by atoms with Crippen molar-refractivity contribution in [3.8, 4) is 0 Å². The number of ether oxygens (including phenoxy) is 1. The molecule has 8 heteroatoms. The SMILES string of the molecule is COCC(=O)N1CCC[C@@H](c2nc(C)c(CC(=O)Nc3ccccc3F)c(C)n2)C1. The van der Waals surface area contributed by atoms with Crippen molar-refractivity contribution in [2.24, 2.45) is 0 Å². The quantitative estimate of drug-likeness (QED) is 0.786. The minimum atomic E-state index is -0.476. The van der Waals surface area contributed by atoms with Gasteiger partial charge in [0.2, 0.25) is 11.8 Å². The van der Waals surface area contributed by atoms with Crippen LogP contribution in [-0.2, 0) is 20.7 Å². The van der Waals surface area contributed by atoms with E-state index in [1.165, 1.54) is 19.2 Å². The largest absolute Gasteiger partial charge is 0.375 e. The molecule has 1 fully saturated rings. The summed E-state index contributed by atoms with van der Waals surface area (Å²) >= 11 is 0. The molecule has 0 radical (unpaired) electrons. The second-order valence-corrected chi connectivity index (χ2v) is 7.55. The number of carbonyl (C=O) groups is 2. The van der Waals surface area contributed by atoms with Gasteiger partial charge >= 0.3 is 0 Å². The van der Waals surface area contributed by atoms with Crippen LogP contribution in [0.5, 0.6) is 0 Å². The lowest BCUT2D eigenvalue weighted by Crippen LogP contribution is -2.41. The van der Waals surface area contributed by atoms with Gasteiger partial charge in [-0.05, 0) is 38.8 Å². The molecule has 7 nitrogen and oxygen atoms in total. The number of aryl methyl sites for hydroxylation is 2. The molecule has 1 N–H and O–H groups in total. The van der Waals surface area contributed by atoms with Crippen molar-refractivity contribution < 1.29 is 18.7 Å². The van der Waals surface area contributed by atoms with E-state index in [-0.39, 0.29) is 36.4 Å². The third kappa shape index (κ3) is 5.18. The average Bonchev–Trinajstić information content (AvgIpc) is 2.72. The number of rotatable bonds is 6. The summed E-state index contributed by atoms with van der Waals surface area (Å²) in [5.41, 5.74) is 2.33. The number of likely N-dealkylation sites (tertiary alicyclic amines) is 1. The van der Waals surface area contributed by atoms with E-state index in [1.54, 1.807) is 17.0 Å². The fourth-order valence-electron chi connectivity index (χ4n) is 3.75. The first kappa shape index (κ1) is 21.8. The van der Waals surface area contributed by atoms with E-state index >= 15 is 0 Å². The van der Waals surface area contributed by atoms with Crippen molar-refractivity contribution in [3.63, 3.8) is 0 Å². The maximum Gasteiger partial charge on any atom is 0.248 e. The number of nitrogens with zero attached hydrogens (tertiary/aromatic N) is 3. The molecule has 3 rings (SSSR count). The number of carbonyl (C=O) groups excluding carboxylic acids is 2. The summed E-state index contributed by atoms with van der Waals surface area (Å²) in [6, 6.07) is 6.06. The first-order valence-electron chi connectivity index (χ1n) is 10.0. The number of hydrogen-bond donors (Lipinski definition) is 1. The van der Waals surface area contributed by atoms with Crippen molar-refractivity contribution in [2.75, 3.05) is 32.1 Å². The standard InChI is InChI=1S/C22H27FN4O3/c1-14-17(11-20(28)26-19-9-5-4-8-18(19)23)15(2)25-22(24-14)16-7-6-10-27(12-16)21(29)13-30-3/h4-5,8-9,16H,6-7,10-13H2,1-3H3,(H,26,28)/t16-/m1/s1. The monoisotopic (exact) mass is 414 g/mol. The lowest BCUT2D eigenvalue weighted by Gasteiger charge is -2.32. The van der Waals surface area contributed by atoms with Gasteiger partial charge in [-0.3, -0.25) is 9.59 Å². The molecule has 0 bridgehead atoms. The Morgan fingerprint density at radius 3 is 2.60 bits per heavy atom. The summed E-state index contributed by atoms with van der Waals surface area (Å²) in [4.78, 5) is 35.6. The molecule has 2 heterocycles. The first-order chi connectivity index (χ1) is 14.4. The Labute approximate surface area is 175 Å². The summed E-state index contributed by atoms with van der Waals surface area (Å²) in [6.45, 7) is 5.04. The Bertz CT molecular complexity index is 911. The summed E-state index contributed by atoms with van der Waals surface area (Å²) in [5, 5.41) is 2.60. The Morgan fingerprint density at radius 2 is 1.93 bits per heavy atom. The number of methoxy groups -OCH3 is 1. The number of hydrogen-bond acceptors (Lipinski definition) is 5. The van der Waals surface area contributed by atoms with Crippen LogP contribution in [0.1, 0.15) is 41.5 Å². The minimum absolute atomic E-state index is 0.0305. The summed E-state index contributed by atoms with van der Waals surface area (Å²) in [6.07, 6.45) is 1.85. The number of para-hydroxylation sites is 1. The summed E-state index contributed by atoms with van der Waals surface area (Å²) in [7, 11) is 1.51. The van der Waals surface area contributed by atoms with Gasteiger partial charge in [0.15, 0.2) is 0 Å². The van der Waals surface area contributed by atoms with E-state index < -0.39 is 5.82 Å². The zero-order chi connectivity index (χ0) is 21.7. The van der Waals surface area contributed by atoms with E-state index in [0.717, 1.165) is 29.8 Å². The smallest absolute Gasteiger partial charge is 0.248 e. The Hall–Kier alpha value is -2.87. The van der Waals surface area contributed by atoms with Gasteiger partial charge in [0.05, 0.1) is 12.1 Å². The number of anilines is 1. The average molecular weight is 414 g/mol. The molecule has 1 aromatic heterocycles. The number of benzene rings is 1.